The molecule has 0 aromatic carbocycles. The summed E-state index contributed by atoms with van der Waals surface area (Å²) in [5.74, 6) is 0. The lowest BCUT2D eigenvalue weighted by atomic mass is 10.3. The van der Waals surface area contributed by atoms with Gasteiger partial charge in [0.15, 0.2) is 4.08 Å². The molecule has 0 fully saturated rings. The molecule has 0 spiro atoms. The third kappa shape index (κ3) is 2020. The maximum absolute atomic E-state index is 9.75. The second-order valence-corrected chi connectivity index (χ2v) is 4.84. The molecule has 0 aliphatic carbocycles. The van der Waals surface area contributed by atoms with Crippen molar-refractivity contribution in [2.24, 2.45) is 0 Å². The Kier molecular flexibility index (Phi) is 5.74. The minimum absolute atomic E-state index is 0. The Morgan fingerprint density at radius 1 is 1.20 bits per heavy atom. The molecule has 0 saturated heterocycles. The highest BCUT2D eigenvalue weighted by Gasteiger charge is 2.20. The van der Waals surface area contributed by atoms with Crippen molar-refractivity contribution in [1.82, 2.24) is 0 Å². The van der Waals surface area contributed by atoms with Crippen LogP contribution in [0, 0.1) is 0 Å². The highest BCUT2D eigenvalue weighted by atomic mass is 32.2. The Labute approximate surface area is 68.3 Å². The van der Waals surface area contributed by atoms with Crippen molar-refractivity contribution in [3.63, 3.8) is 0 Å². The van der Waals surface area contributed by atoms with E-state index in [0.29, 0.717) is 0 Å². The molecule has 0 amide bonds. The summed E-state index contributed by atoms with van der Waals surface area (Å²) in [6, 6.07) is 0. The van der Waals surface area contributed by atoms with Crippen LogP contribution < -0.4 is 0 Å². The zero-order chi connectivity index (χ0) is 9.00. The number of halogens is 4. The van der Waals surface area contributed by atoms with Crippen molar-refractivity contribution in [2.45, 2.75) is 17.9 Å². The zero-order valence-corrected chi connectivity index (χ0v) is 7.43. The van der Waals surface area contributed by atoms with E-state index in [1.165, 1.54) is 0 Å². The van der Waals surface area contributed by atoms with Crippen molar-refractivity contribution >= 4 is 32.5 Å². The Hall–Kier alpha value is 0.485. The monoisotopic (exact) mass is 196 g/mol. The highest BCUT2D eigenvalue weighted by molar-refractivity contribution is 7.92. The normalized spacial score (nSPS) is 12.0. The van der Waals surface area contributed by atoms with Crippen LogP contribution in [-0.4, -0.2) is 11.3 Å². The third-order valence-corrected chi connectivity index (χ3v) is 0. The predicted molar refractivity (Wildman–Crippen MR) is 43.4 cm³/mol. The summed E-state index contributed by atoms with van der Waals surface area (Å²) in [5, 5.41) is 0. The fourth-order valence-corrected chi connectivity index (χ4v) is 0. The number of thiol groups is 1. The number of rotatable bonds is 0. The average Bonchev–Trinajstić information content (AvgIpc) is 1.12. The van der Waals surface area contributed by atoms with E-state index < -0.39 is 7.25 Å². The summed E-state index contributed by atoms with van der Waals surface area (Å²) >= 11 is 7.32. The van der Waals surface area contributed by atoms with Gasteiger partial charge in [-0.05, 0) is 26.5 Å². The third-order valence-electron chi connectivity index (χ3n) is 0. The Morgan fingerprint density at radius 3 is 1.20 bits per heavy atom. The SMILES string of the molecule is CC(C)(S)[SH2+].F[B-](F)(F)F. The van der Waals surface area contributed by atoms with Gasteiger partial charge in [-0.15, -0.1) is 12.6 Å². The minimum Gasteiger partial charge on any atom is -0.418 e. The van der Waals surface area contributed by atoms with Gasteiger partial charge in [0, 0.05) is 0 Å². The first-order valence-corrected chi connectivity index (χ1v) is 3.29. The van der Waals surface area contributed by atoms with Crippen molar-refractivity contribution in [3.05, 3.63) is 0 Å². The van der Waals surface area contributed by atoms with Gasteiger partial charge < -0.3 is 17.3 Å². The van der Waals surface area contributed by atoms with E-state index in [0.717, 1.165) is 0 Å². The van der Waals surface area contributed by atoms with Gasteiger partial charge in [-0.25, -0.2) is 0 Å². The summed E-state index contributed by atoms with van der Waals surface area (Å²) in [6.07, 6.45) is 0. The van der Waals surface area contributed by atoms with Gasteiger partial charge in [0.05, 0.1) is 0 Å². The molecule has 10 heavy (non-hydrogen) atoms. The molecule has 0 bridgehead atoms. The smallest absolute Gasteiger partial charge is 0.418 e. The summed E-state index contributed by atoms with van der Waals surface area (Å²) in [7, 11) is -6.00. The Morgan fingerprint density at radius 2 is 1.20 bits per heavy atom. The Balaban J connectivity index is 0. The van der Waals surface area contributed by atoms with Crippen LogP contribution in [0.3, 0.4) is 0 Å². The largest absolute Gasteiger partial charge is 0.673 e. The topological polar surface area (TPSA) is 0 Å². The van der Waals surface area contributed by atoms with Crippen LogP contribution in [0.25, 0.3) is 0 Å². The fourth-order valence-electron chi connectivity index (χ4n) is 0. The molecule has 0 unspecified atom stereocenters. The van der Waals surface area contributed by atoms with Gasteiger partial charge in [-0.2, -0.15) is 0 Å². The standard InChI is InChI=1S/C3H8S2.BF4/c1-3(2,4)5;2-1(3,4)5/h4-5H,1-2H3;/q;-1/p+1. The van der Waals surface area contributed by atoms with Gasteiger partial charge >= 0.3 is 7.25 Å². The summed E-state index contributed by atoms with van der Waals surface area (Å²) in [4.78, 5) is 0. The van der Waals surface area contributed by atoms with Crippen molar-refractivity contribution in [2.75, 3.05) is 0 Å². The quantitative estimate of drug-likeness (QED) is 0.260. The zero-order valence-electron chi connectivity index (χ0n) is 5.54. The van der Waals surface area contributed by atoms with Crippen LogP contribution >= 0.6 is 12.6 Å². The maximum atomic E-state index is 9.75. The van der Waals surface area contributed by atoms with Gasteiger partial charge in [0.2, 0.25) is 0 Å². The number of hydrogen-bond acceptors (Lipinski definition) is 1. The molecule has 0 radical (unpaired) electrons. The molecule has 0 heterocycles. The molecule has 0 aliphatic heterocycles. The van der Waals surface area contributed by atoms with E-state index in [9.17, 15) is 17.3 Å². The van der Waals surface area contributed by atoms with Crippen LogP contribution in [0.1, 0.15) is 13.8 Å². The molecule has 0 aromatic rings. The van der Waals surface area contributed by atoms with Crippen LogP contribution in [-0.2, 0) is 12.6 Å². The maximum Gasteiger partial charge on any atom is 0.673 e. The molecule has 7 heteroatoms. The van der Waals surface area contributed by atoms with Gasteiger partial charge in [-0.3, -0.25) is 0 Å². The lowest BCUT2D eigenvalue weighted by Gasteiger charge is -1.94. The fraction of sp³-hybridized carbons (Fsp3) is 1.00. The van der Waals surface area contributed by atoms with Crippen LogP contribution in [0.15, 0.2) is 0 Å². The first kappa shape index (κ1) is 13.1. The van der Waals surface area contributed by atoms with Crippen LogP contribution in [0.5, 0.6) is 0 Å². The molecule has 0 N–H and O–H groups in total. The molecule has 0 aliphatic rings. The Bertz CT molecular complexity index is 61.5. The lowest BCUT2D eigenvalue weighted by molar-refractivity contribution is 0.368. The van der Waals surface area contributed by atoms with Gasteiger partial charge in [-0.1, -0.05) is 0 Å². The average molecular weight is 196 g/mol. The molecular formula is C3H9BF4S2. The number of hydrogen-bond donors (Lipinski definition) is 1. The van der Waals surface area contributed by atoms with Gasteiger partial charge in [0.1, 0.15) is 0 Å². The van der Waals surface area contributed by atoms with Crippen molar-refractivity contribution in [3.8, 4) is 0 Å². The molecule has 64 valence electrons. The first-order valence-electron chi connectivity index (χ1n) is 2.35. The van der Waals surface area contributed by atoms with E-state index in [1.54, 1.807) is 0 Å². The van der Waals surface area contributed by atoms with E-state index in [-0.39, 0.29) is 4.08 Å². The second kappa shape index (κ2) is 4.38. The first-order chi connectivity index (χ1) is 4.00. The molecule has 0 rings (SSSR count). The van der Waals surface area contributed by atoms with Crippen LogP contribution in [0.4, 0.5) is 17.3 Å². The molecule has 0 atom stereocenters. The summed E-state index contributed by atoms with van der Waals surface area (Å²) in [5.41, 5.74) is 0. The highest BCUT2D eigenvalue weighted by Crippen LogP contribution is 2.06. The second-order valence-electron chi connectivity index (χ2n) is 2.05. The minimum atomic E-state index is -6.00. The van der Waals surface area contributed by atoms with E-state index in [4.69, 9.17) is 0 Å². The van der Waals surface area contributed by atoms with E-state index in [1.807, 2.05) is 13.8 Å². The summed E-state index contributed by atoms with van der Waals surface area (Å²) in [6.45, 7) is 3.93. The molecule has 0 nitrogen and oxygen atoms in total. The molecule has 0 saturated carbocycles. The molecular weight excluding hydrogens is 187 g/mol. The van der Waals surface area contributed by atoms with Crippen molar-refractivity contribution < 1.29 is 17.3 Å². The van der Waals surface area contributed by atoms with Crippen LogP contribution in [0.2, 0.25) is 0 Å². The molecule has 0 aromatic heterocycles. The van der Waals surface area contributed by atoms with E-state index >= 15 is 0 Å². The lowest BCUT2D eigenvalue weighted by Crippen LogP contribution is -2.02. The van der Waals surface area contributed by atoms with Crippen molar-refractivity contribution in [1.29, 1.82) is 0 Å². The van der Waals surface area contributed by atoms with Gasteiger partial charge in [0.25, 0.3) is 0 Å². The van der Waals surface area contributed by atoms with E-state index in [2.05, 4.69) is 25.3 Å². The summed E-state index contributed by atoms with van der Waals surface area (Å²) < 4.78 is 39.0. The predicted octanol–water partition coefficient (Wildman–Crippen LogP) is 1.96.